The van der Waals surface area contributed by atoms with E-state index in [1.807, 2.05) is 0 Å². The number of allylic oxidation sites excluding steroid dienone is 1. The Morgan fingerprint density at radius 2 is 1.86 bits per heavy atom. The third kappa shape index (κ3) is 6.59. The van der Waals surface area contributed by atoms with Crippen LogP contribution in [-0.2, 0) is 6.42 Å². The van der Waals surface area contributed by atoms with Crippen molar-refractivity contribution in [3.8, 4) is 0 Å². The van der Waals surface area contributed by atoms with Crippen LogP contribution < -0.4 is 11.1 Å². The van der Waals surface area contributed by atoms with Gasteiger partial charge in [0.05, 0.1) is 17.3 Å². The number of hydrogen-bond donors (Lipinski definition) is 3. The van der Waals surface area contributed by atoms with Gasteiger partial charge in [0.2, 0.25) is 0 Å². The van der Waals surface area contributed by atoms with Crippen molar-refractivity contribution in [2.24, 2.45) is 10.9 Å². The number of aromatic nitrogens is 1. The Bertz CT molecular complexity index is 1230. The van der Waals surface area contributed by atoms with Crippen molar-refractivity contribution in [3.05, 3.63) is 112 Å². The standard InChI is InChI=1S/C25H22F3N5O2/c26-16-9-7-15(8-10-16)21(29)13-22(30)24-18(5-3-6-19(24)27)25(34)33-23(20(28)14-32-35)12-17-4-1-2-11-31-17/h1-11,13,20,23,29H,12,14,30H2,(H,33,34)/t20-,23+/m1/s1. The van der Waals surface area contributed by atoms with Crippen LogP contribution >= 0.6 is 0 Å². The number of carbonyl (C=O) groups is 1. The molecular weight excluding hydrogens is 459 g/mol. The lowest BCUT2D eigenvalue weighted by atomic mass is 9.99. The first kappa shape index (κ1) is 25.3. The maximum atomic E-state index is 14.8. The summed E-state index contributed by atoms with van der Waals surface area (Å²) in [5.41, 5.74) is 6.02. The molecule has 1 aromatic heterocycles. The van der Waals surface area contributed by atoms with Crippen LogP contribution in [0.4, 0.5) is 13.2 Å². The monoisotopic (exact) mass is 481 g/mol. The van der Waals surface area contributed by atoms with Crippen molar-refractivity contribution in [2.45, 2.75) is 18.6 Å². The van der Waals surface area contributed by atoms with E-state index < -0.39 is 36.3 Å². The van der Waals surface area contributed by atoms with Crippen LogP contribution in [0.25, 0.3) is 5.70 Å². The van der Waals surface area contributed by atoms with Gasteiger partial charge in [-0.3, -0.25) is 9.78 Å². The molecule has 0 spiro atoms. The Kier molecular flexibility index (Phi) is 8.44. The van der Waals surface area contributed by atoms with Crippen molar-refractivity contribution in [3.63, 3.8) is 0 Å². The second kappa shape index (κ2) is 11.7. The molecular formula is C25H22F3N5O2. The first-order valence-electron chi connectivity index (χ1n) is 10.5. The molecule has 2 atom stereocenters. The SMILES string of the molecule is N=C(C=C(N)c1c(F)cccc1C(=O)N[C@@H](Cc1ccccn1)[C@H](F)CN=O)c1ccc(F)cc1. The molecule has 1 amide bonds. The predicted octanol–water partition coefficient (Wildman–Crippen LogP) is 4.17. The molecule has 0 aliphatic carbocycles. The number of benzene rings is 2. The highest BCUT2D eigenvalue weighted by molar-refractivity contribution is 6.11. The van der Waals surface area contributed by atoms with Gasteiger partial charge in [-0.25, -0.2) is 13.2 Å². The predicted molar refractivity (Wildman–Crippen MR) is 127 cm³/mol. The molecule has 35 heavy (non-hydrogen) atoms. The number of rotatable bonds is 10. The van der Waals surface area contributed by atoms with Crippen LogP contribution in [0.15, 0.2) is 78.1 Å². The van der Waals surface area contributed by atoms with Gasteiger partial charge >= 0.3 is 0 Å². The molecule has 2 aromatic carbocycles. The van der Waals surface area contributed by atoms with Crippen LogP contribution in [0.2, 0.25) is 0 Å². The summed E-state index contributed by atoms with van der Waals surface area (Å²) < 4.78 is 42.6. The third-order valence-electron chi connectivity index (χ3n) is 5.16. The first-order valence-corrected chi connectivity index (χ1v) is 10.5. The zero-order valence-corrected chi connectivity index (χ0v) is 18.4. The van der Waals surface area contributed by atoms with E-state index in [2.05, 4.69) is 15.5 Å². The number of hydrogen-bond acceptors (Lipinski definition) is 6. The van der Waals surface area contributed by atoms with Crippen LogP contribution in [-0.4, -0.2) is 35.4 Å². The van der Waals surface area contributed by atoms with E-state index >= 15 is 0 Å². The zero-order chi connectivity index (χ0) is 25.4. The fourth-order valence-electron chi connectivity index (χ4n) is 3.41. The zero-order valence-electron chi connectivity index (χ0n) is 18.4. The fraction of sp³-hybridized carbons (Fsp3) is 0.160. The molecule has 3 rings (SSSR count). The van der Waals surface area contributed by atoms with Crippen molar-refractivity contribution < 1.29 is 18.0 Å². The second-order valence-corrected chi connectivity index (χ2v) is 7.62. The van der Waals surface area contributed by atoms with Gasteiger partial charge in [0, 0.05) is 29.6 Å². The summed E-state index contributed by atoms with van der Waals surface area (Å²) in [6.07, 6.45) is 0.803. The van der Waals surface area contributed by atoms with Crippen molar-refractivity contribution >= 4 is 17.3 Å². The van der Waals surface area contributed by atoms with Crippen molar-refractivity contribution in [2.75, 3.05) is 6.54 Å². The average Bonchev–Trinajstić information content (AvgIpc) is 2.84. The van der Waals surface area contributed by atoms with E-state index in [9.17, 15) is 22.9 Å². The Morgan fingerprint density at radius 3 is 2.51 bits per heavy atom. The van der Waals surface area contributed by atoms with Crippen LogP contribution in [0.1, 0.15) is 27.2 Å². The summed E-state index contributed by atoms with van der Waals surface area (Å²) in [5, 5.41) is 13.2. The third-order valence-corrected chi connectivity index (χ3v) is 5.16. The average molecular weight is 481 g/mol. The number of halogens is 3. The number of carbonyl (C=O) groups excluding carboxylic acids is 1. The Morgan fingerprint density at radius 1 is 1.11 bits per heavy atom. The number of nitrogens with zero attached hydrogens (tertiary/aromatic N) is 2. The smallest absolute Gasteiger partial charge is 0.252 e. The van der Waals surface area contributed by atoms with Crippen molar-refractivity contribution in [1.82, 2.24) is 10.3 Å². The number of nitrogens with two attached hydrogens (primary N) is 1. The van der Waals surface area contributed by atoms with E-state index in [1.54, 1.807) is 18.2 Å². The second-order valence-electron chi connectivity index (χ2n) is 7.62. The minimum absolute atomic E-state index is 0.0333. The molecule has 3 aromatic rings. The van der Waals surface area contributed by atoms with Gasteiger partial charge in [-0.15, -0.1) is 0 Å². The van der Waals surface area contributed by atoms with Crippen LogP contribution in [0.3, 0.4) is 0 Å². The van der Waals surface area contributed by atoms with Gasteiger partial charge in [0.25, 0.3) is 5.91 Å². The molecule has 4 N–H and O–H groups in total. The highest BCUT2D eigenvalue weighted by Crippen LogP contribution is 2.21. The summed E-state index contributed by atoms with van der Waals surface area (Å²) in [4.78, 5) is 27.8. The van der Waals surface area contributed by atoms with Crippen LogP contribution in [0, 0.1) is 22.0 Å². The van der Waals surface area contributed by atoms with E-state index in [1.165, 1.54) is 42.6 Å². The molecule has 7 nitrogen and oxygen atoms in total. The largest absolute Gasteiger partial charge is 0.398 e. The molecule has 0 fully saturated rings. The minimum atomic E-state index is -1.81. The molecule has 180 valence electrons. The van der Waals surface area contributed by atoms with E-state index in [-0.39, 0.29) is 29.0 Å². The molecule has 1 heterocycles. The van der Waals surface area contributed by atoms with Gasteiger partial charge < -0.3 is 16.5 Å². The number of nitrogens with one attached hydrogen (secondary N) is 2. The van der Waals surface area contributed by atoms with E-state index in [0.29, 0.717) is 11.3 Å². The lowest BCUT2D eigenvalue weighted by Crippen LogP contribution is -2.44. The summed E-state index contributed by atoms with van der Waals surface area (Å²) in [6.45, 7) is -0.690. The lowest BCUT2D eigenvalue weighted by molar-refractivity contribution is 0.0910. The Hall–Kier alpha value is -4.34. The van der Waals surface area contributed by atoms with Gasteiger partial charge in [-0.05, 0) is 60.2 Å². The summed E-state index contributed by atoms with van der Waals surface area (Å²) in [5.74, 6) is -2.15. The van der Waals surface area contributed by atoms with E-state index in [4.69, 9.17) is 11.1 Å². The number of nitroso groups, excluding NO2 is 1. The summed E-state index contributed by atoms with van der Waals surface area (Å²) in [7, 11) is 0. The molecule has 0 aliphatic rings. The van der Waals surface area contributed by atoms with Gasteiger partial charge in [0.15, 0.2) is 0 Å². The van der Waals surface area contributed by atoms with Crippen molar-refractivity contribution in [1.29, 1.82) is 5.41 Å². The normalized spacial score (nSPS) is 13.1. The molecule has 0 saturated carbocycles. The number of pyridine rings is 1. The maximum absolute atomic E-state index is 14.8. The lowest BCUT2D eigenvalue weighted by Gasteiger charge is -2.22. The molecule has 0 unspecified atom stereocenters. The van der Waals surface area contributed by atoms with E-state index in [0.717, 1.165) is 12.1 Å². The van der Waals surface area contributed by atoms with Gasteiger partial charge in [0.1, 0.15) is 24.4 Å². The summed E-state index contributed by atoms with van der Waals surface area (Å²) >= 11 is 0. The van der Waals surface area contributed by atoms with Gasteiger partial charge in [-0.1, -0.05) is 17.3 Å². The highest BCUT2D eigenvalue weighted by atomic mass is 19.1. The molecule has 0 saturated heterocycles. The molecule has 0 aliphatic heterocycles. The van der Waals surface area contributed by atoms with Crippen LogP contribution in [0.5, 0.6) is 0 Å². The quantitative estimate of drug-likeness (QED) is 0.297. The molecule has 0 bridgehead atoms. The fourth-order valence-corrected chi connectivity index (χ4v) is 3.41. The Balaban J connectivity index is 1.90. The first-order chi connectivity index (χ1) is 16.8. The number of amides is 1. The number of alkyl halides is 1. The molecule has 0 radical (unpaired) electrons. The molecule has 10 heteroatoms. The maximum Gasteiger partial charge on any atom is 0.252 e. The Labute approximate surface area is 199 Å². The minimum Gasteiger partial charge on any atom is -0.398 e. The highest BCUT2D eigenvalue weighted by Gasteiger charge is 2.27. The summed E-state index contributed by atoms with van der Waals surface area (Å²) in [6, 6.07) is 12.6. The topological polar surface area (TPSA) is 121 Å². The van der Waals surface area contributed by atoms with Gasteiger partial charge in [-0.2, -0.15) is 4.91 Å².